The molecule has 0 saturated heterocycles. The summed E-state index contributed by atoms with van der Waals surface area (Å²) in [6.07, 6.45) is 8.16. The van der Waals surface area contributed by atoms with Gasteiger partial charge in [-0.3, -0.25) is 4.79 Å². The Morgan fingerprint density at radius 3 is 2.32 bits per heavy atom. The lowest BCUT2D eigenvalue weighted by Gasteiger charge is -2.46. The average molecular weight is 335 g/mol. The van der Waals surface area contributed by atoms with Gasteiger partial charge in [-0.15, -0.1) is 0 Å². The van der Waals surface area contributed by atoms with E-state index in [9.17, 15) is 9.59 Å². The number of hydrogen-bond donors (Lipinski definition) is 0. The van der Waals surface area contributed by atoms with Crippen molar-refractivity contribution in [3.63, 3.8) is 0 Å². The van der Waals surface area contributed by atoms with E-state index in [1.165, 1.54) is 0 Å². The molecule has 0 amide bonds. The number of rotatable bonds is 2. The predicted octanol–water partition coefficient (Wildman–Crippen LogP) is 3.87. The molecule has 1 aromatic rings. The molecular formula is C21H21NO3. The number of aryl methyl sites for hydroxylation is 1. The summed E-state index contributed by atoms with van der Waals surface area (Å²) in [6, 6.07) is 7.21. The summed E-state index contributed by atoms with van der Waals surface area (Å²) in [7, 11) is 0. The zero-order valence-electron chi connectivity index (χ0n) is 14.4. The molecule has 1 fully saturated rings. The number of oxime groups is 1. The second-order valence-electron chi connectivity index (χ2n) is 7.29. The van der Waals surface area contributed by atoms with Crippen LogP contribution in [0.25, 0.3) is 0 Å². The molecule has 0 aliphatic heterocycles. The zero-order chi connectivity index (χ0) is 17.6. The number of ketones is 1. The number of hydrogen-bond acceptors (Lipinski definition) is 4. The van der Waals surface area contributed by atoms with Gasteiger partial charge in [-0.2, -0.15) is 0 Å². The van der Waals surface area contributed by atoms with Crippen molar-refractivity contribution in [1.29, 1.82) is 0 Å². The lowest BCUT2D eigenvalue weighted by Crippen LogP contribution is -2.47. The van der Waals surface area contributed by atoms with Crippen LogP contribution < -0.4 is 0 Å². The van der Waals surface area contributed by atoms with E-state index in [0.717, 1.165) is 29.7 Å². The number of carbonyl (C=O) groups is 2. The van der Waals surface area contributed by atoms with Crippen molar-refractivity contribution in [3.8, 4) is 0 Å². The SMILES string of the molecule is CC1=CC(=O)[C@@H]2[C@H](/C1=N/OC(=O)c1ccc(C)cc1)[C@H]1C=C[C@H]2CC1. The summed E-state index contributed by atoms with van der Waals surface area (Å²) in [5, 5.41) is 4.21. The summed E-state index contributed by atoms with van der Waals surface area (Å²) in [4.78, 5) is 30.0. The Kier molecular flexibility index (Phi) is 3.91. The molecule has 0 heterocycles. The van der Waals surface area contributed by atoms with E-state index in [4.69, 9.17) is 4.84 Å². The van der Waals surface area contributed by atoms with Crippen LogP contribution in [0.4, 0.5) is 0 Å². The molecule has 128 valence electrons. The highest BCUT2D eigenvalue weighted by Crippen LogP contribution is 2.48. The van der Waals surface area contributed by atoms with Gasteiger partial charge >= 0.3 is 5.97 Å². The normalized spacial score (nSPS) is 31.7. The molecule has 0 spiro atoms. The van der Waals surface area contributed by atoms with Gasteiger partial charge in [0.1, 0.15) is 0 Å². The van der Waals surface area contributed by atoms with Crippen molar-refractivity contribution in [2.75, 3.05) is 0 Å². The Morgan fingerprint density at radius 1 is 1.04 bits per heavy atom. The lowest BCUT2D eigenvalue weighted by molar-refractivity contribution is -0.122. The first kappa shape index (κ1) is 16.0. The Balaban J connectivity index is 1.62. The third-order valence-electron chi connectivity index (χ3n) is 5.67. The number of allylic oxidation sites excluding steroid dienone is 4. The Morgan fingerprint density at radius 2 is 1.68 bits per heavy atom. The molecule has 0 N–H and O–H groups in total. The van der Waals surface area contributed by atoms with Crippen LogP contribution in [0.15, 0.2) is 53.2 Å². The molecule has 1 aromatic carbocycles. The maximum Gasteiger partial charge on any atom is 0.365 e. The first-order valence-electron chi connectivity index (χ1n) is 8.81. The molecule has 2 bridgehead atoms. The van der Waals surface area contributed by atoms with E-state index in [2.05, 4.69) is 17.3 Å². The minimum absolute atomic E-state index is 0.0343. The van der Waals surface area contributed by atoms with Crippen LogP contribution in [-0.4, -0.2) is 17.5 Å². The minimum atomic E-state index is -0.467. The first-order valence-corrected chi connectivity index (χ1v) is 8.81. The van der Waals surface area contributed by atoms with Crippen LogP contribution in [0.5, 0.6) is 0 Å². The van der Waals surface area contributed by atoms with Gasteiger partial charge in [-0.05, 0) is 62.3 Å². The summed E-state index contributed by atoms with van der Waals surface area (Å²) >= 11 is 0. The molecule has 4 atom stereocenters. The van der Waals surface area contributed by atoms with E-state index in [0.29, 0.717) is 11.5 Å². The molecule has 25 heavy (non-hydrogen) atoms. The molecule has 1 saturated carbocycles. The Bertz CT molecular complexity index is 816. The van der Waals surface area contributed by atoms with Crippen LogP contribution in [-0.2, 0) is 9.63 Å². The largest absolute Gasteiger partial charge is 0.365 e. The maximum absolute atomic E-state index is 12.5. The fraction of sp³-hybridized carbons (Fsp3) is 0.381. The number of carbonyl (C=O) groups excluding carboxylic acids is 2. The molecule has 4 heteroatoms. The fourth-order valence-electron chi connectivity index (χ4n) is 4.37. The van der Waals surface area contributed by atoms with Crippen molar-refractivity contribution in [2.24, 2.45) is 28.8 Å². The van der Waals surface area contributed by atoms with E-state index in [1.54, 1.807) is 18.2 Å². The van der Waals surface area contributed by atoms with Gasteiger partial charge < -0.3 is 4.84 Å². The standard InChI is InChI=1S/C21H21NO3/c1-12-3-5-16(6-4-12)21(24)25-22-20-13(2)11-17(23)18-14-7-9-15(10-8-14)19(18)20/h3-7,9,11,14-15,18-19H,8,10H2,1-2H3/b22-20+/t14-,15-,18+,19+/m0/s1. The van der Waals surface area contributed by atoms with Crippen molar-refractivity contribution < 1.29 is 14.4 Å². The smallest absolute Gasteiger partial charge is 0.313 e. The highest BCUT2D eigenvalue weighted by Gasteiger charge is 2.48. The van der Waals surface area contributed by atoms with E-state index in [-0.39, 0.29) is 23.5 Å². The quantitative estimate of drug-likeness (QED) is 0.468. The van der Waals surface area contributed by atoms with E-state index < -0.39 is 5.97 Å². The molecule has 0 aromatic heterocycles. The summed E-state index contributed by atoms with van der Waals surface area (Å²) in [5.74, 6) is 0.288. The number of benzene rings is 1. The first-order chi connectivity index (χ1) is 12.0. The van der Waals surface area contributed by atoms with Crippen LogP contribution in [0.2, 0.25) is 0 Å². The molecule has 5 rings (SSSR count). The molecule has 4 aliphatic rings. The number of fused-ring (bicyclic) bond motifs is 1. The second-order valence-corrected chi connectivity index (χ2v) is 7.29. The summed E-state index contributed by atoms with van der Waals surface area (Å²) in [5.41, 5.74) is 3.12. The molecule has 0 unspecified atom stereocenters. The Labute approximate surface area is 147 Å². The minimum Gasteiger partial charge on any atom is -0.313 e. The van der Waals surface area contributed by atoms with Crippen molar-refractivity contribution in [1.82, 2.24) is 0 Å². The fourth-order valence-corrected chi connectivity index (χ4v) is 4.37. The molecule has 4 aliphatic carbocycles. The van der Waals surface area contributed by atoms with Crippen molar-refractivity contribution >= 4 is 17.5 Å². The highest BCUT2D eigenvalue weighted by atomic mass is 16.7. The topological polar surface area (TPSA) is 55.7 Å². The summed E-state index contributed by atoms with van der Waals surface area (Å²) in [6.45, 7) is 3.84. The van der Waals surface area contributed by atoms with Gasteiger partial charge in [-0.1, -0.05) is 35.0 Å². The number of nitrogens with zero attached hydrogens (tertiary/aromatic N) is 1. The molecule has 0 radical (unpaired) electrons. The maximum atomic E-state index is 12.5. The van der Waals surface area contributed by atoms with Crippen LogP contribution >= 0.6 is 0 Å². The monoisotopic (exact) mass is 335 g/mol. The van der Waals surface area contributed by atoms with Gasteiger partial charge in [0.25, 0.3) is 0 Å². The van der Waals surface area contributed by atoms with Crippen molar-refractivity contribution in [3.05, 3.63) is 59.2 Å². The van der Waals surface area contributed by atoms with Gasteiger partial charge in [0.15, 0.2) is 5.78 Å². The summed E-state index contributed by atoms with van der Waals surface area (Å²) < 4.78 is 0. The van der Waals surface area contributed by atoms with Gasteiger partial charge in [0, 0.05) is 11.8 Å². The Hall–Kier alpha value is -2.49. The molecule has 4 nitrogen and oxygen atoms in total. The van der Waals surface area contributed by atoms with Crippen LogP contribution in [0.3, 0.4) is 0 Å². The van der Waals surface area contributed by atoms with Gasteiger partial charge in [-0.25, -0.2) is 4.79 Å². The third kappa shape index (κ3) is 2.76. The van der Waals surface area contributed by atoms with E-state index in [1.807, 2.05) is 26.0 Å². The average Bonchev–Trinajstić information content (AvgIpc) is 2.62. The lowest BCUT2D eigenvalue weighted by atomic mass is 9.57. The van der Waals surface area contributed by atoms with Crippen molar-refractivity contribution in [2.45, 2.75) is 26.7 Å². The van der Waals surface area contributed by atoms with Crippen LogP contribution in [0, 0.1) is 30.6 Å². The van der Waals surface area contributed by atoms with Gasteiger partial charge in [0.2, 0.25) is 0 Å². The van der Waals surface area contributed by atoms with Crippen LogP contribution in [0.1, 0.15) is 35.7 Å². The second kappa shape index (κ2) is 6.10. The van der Waals surface area contributed by atoms with Gasteiger partial charge in [0.05, 0.1) is 11.3 Å². The third-order valence-corrected chi connectivity index (χ3v) is 5.67. The highest BCUT2D eigenvalue weighted by molar-refractivity contribution is 6.13. The molecular weight excluding hydrogens is 314 g/mol. The van der Waals surface area contributed by atoms with E-state index >= 15 is 0 Å². The predicted molar refractivity (Wildman–Crippen MR) is 95.1 cm³/mol. The zero-order valence-corrected chi connectivity index (χ0v) is 14.4.